The highest BCUT2D eigenvalue weighted by Crippen LogP contribution is 2.10. The number of hydrogen-bond acceptors (Lipinski definition) is 6. The Morgan fingerprint density at radius 2 is 1.86 bits per heavy atom. The molecule has 0 saturated carbocycles. The van der Waals surface area contributed by atoms with E-state index >= 15 is 0 Å². The number of carbonyl (C=O) groups excluding carboxylic acids is 2. The van der Waals surface area contributed by atoms with Crippen LogP contribution in [0.2, 0.25) is 0 Å². The number of aromatic nitrogens is 2. The zero-order chi connectivity index (χ0) is 20.7. The number of ether oxygens (including phenoxy) is 1. The van der Waals surface area contributed by atoms with Gasteiger partial charge in [0.05, 0.1) is 17.2 Å². The standard InChI is InChI=1S/C20H27N5O3/c1-13(2)10-17(24-19(27)28-20(3,4)5)18(26)25-23-12-14-6-7-15-16(11-14)22-9-8-21-15/h6-9,11-13,17H,10H2,1-5H3,(H,24,27)(H,25,26)/b23-12+/t17-/m0/s1. The maximum absolute atomic E-state index is 12.5. The van der Waals surface area contributed by atoms with E-state index in [4.69, 9.17) is 4.74 Å². The lowest BCUT2D eigenvalue weighted by molar-refractivity contribution is -0.123. The first-order chi connectivity index (χ1) is 13.1. The van der Waals surface area contributed by atoms with Gasteiger partial charge in [0.1, 0.15) is 11.6 Å². The Kier molecular flexibility index (Phi) is 7.03. The summed E-state index contributed by atoms with van der Waals surface area (Å²) in [5, 5.41) is 6.61. The van der Waals surface area contributed by atoms with Crippen molar-refractivity contribution in [2.24, 2.45) is 11.0 Å². The maximum atomic E-state index is 12.5. The van der Waals surface area contributed by atoms with Gasteiger partial charge in [0.2, 0.25) is 0 Å². The number of alkyl carbamates (subject to hydrolysis) is 1. The van der Waals surface area contributed by atoms with Gasteiger partial charge in [-0.3, -0.25) is 14.8 Å². The Bertz CT molecular complexity index is 858. The molecule has 2 amide bonds. The Morgan fingerprint density at radius 3 is 2.50 bits per heavy atom. The van der Waals surface area contributed by atoms with E-state index < -0.39 is 23.6 Å². The summed E-state index contributed by atoms with van der Waals surface area (Å²) >= 11 is 0. The smallest absolute Gasteiger partial charge is 0.408 e. The molecule has 1 atom stereocenters. The molecule has 2 N–H and O–H groups in total. The molecule has 8 heteroatoms. The molecule has 0 spiro atoms. The van der Waals surface area contributed by atoms with Crippen LogP contribution in [0, 0.1) is 5.92 Å². The highest BCUT2D eigenvalue weighted by atomic mass is 16.6. The summed E-state index contributed by atoms with van der Waals surface area (Å²) in [6.45, 7) is 9.24. The first-order valence-corrected chi connectivity index (χ1v) is 9.17. The monoisotopic (exact) mass is 385 g/mol. The second-order valence-corrected chi connectivity index (χ2v) is 7.87. The molecule has 1 aromatic carbocycles. The number of nitrogens with one attached hydrogen (secondary N) is 2. The van der Waals surface area contributed by atoms with Crippen molar-refractivity contribution in [1.29, 1.82) is 0 Å². The predicted octanol–water partition coefficient (Wildman–Crippen LogP) is 3.02. The Hall–Kier alpha value is -3.03. The molecule has 0 fully saturated rings. The first kappa shape index (κ1) is 21.3. The molecule has 150 valence electrons. The second kappa shape index (κ2) is 9.25. The summed E-state index contributed by atoms with van der Waals surface area (Å²) in [7, 11) is 0. The van der Waals surface area contributed by atoms with E-state index in [1.165, 1.54) is 6.21 Å². The highest BCUT2D eigenvalue weighted by Gasteiger charge is 2.24. The molecule has 0 aliphatic heterocycles. The largest absolute Gasteiger partial charge is 0.444 e. The van der Waals surface area contributed by atoms with Gasteiger partial charge in [0, 0.05) is 12.4 Å². The highest BCUT2D eigenvalue weighted by molar-refractivity contribution is 5.89. The second-order valence-electron chi connectivity index (χ2n) is 7.87. The SMILES string of the molecule is CC(C)C[C@H](NC(=O)OC(C)(C)C)C(=O)N/N=C/c1ccc2nccnc2c1. The van der Waals surface area contributed by atoms with Gasteiger partial charge in [-0.15, -0.1) is 0 Å². The number of carbonyl (C=O) groups is 2. The fraction of sp³-hybridized carbons (Fsp3) is 0.450. The molecular formula is C20H27N5O3. The molecule has 0 bridgehead atoms. The van der Waals surface area contributed by atoms with Crippen molar-refractivity contribution in [1.82, 2.24) is 20.7 Å². The molecule has 0 unspecified atom stereocenters. The summed E-state index contributed by atoms with van der Waals surface area (Å²) in [4.78, 5) is 32.9. The van der Waals surface area contributed by atoms with Gasteiger partial charge >= 0.3 is 6.09 Å². The van der Waals surface area contributed by atoms with E-state index in [2.05, 4.69) is 25.8 Å². The maximum Gasteiger partial charge on any atom is 0.408 e. The zero-order valence-electron chi connectivity index (χ0n) is 16.9. The zero-order valence-corrected chi connectivity index (χ0v) is 16.9. The molecule has 0 aliphatic carbocycles. The van der Waals surface area contributed by atoms with Crippen LogP contribution in [0.1, 0.15) is 46.6 Å². The van der Waals surface area contributed by atoms with Crippen molar-refractivity contribution in [3.8, 4) is 0 Å². The minimum Gasteiger partial charge on any atom is -0.444 e. The van der Waals surface area contributed by atoms with Gasteiger partial charge < -0.3 is 10.1 Å². The van der Waals surface area contributed by atoms with Gasteiger partial charge in [-0.2, -0.15) is 5.10 Å². The summed E-state index contributed by atoms with van der Waals surface area (Å²) in [5.74, 6) is -0.204. The van der Waals surface area contributed by atoms with E-state index in [1.807, 2.05) is 32.0 Å². The van der Waals surface area contributed by atoms with Crippen molar-refractivity contribution >= 4 is 29.2 Å². The fourth-order valence-corrected chi connectivity index (χ4v) is 2.46. The molecular weight excluding hydrogens is 358 g/mol. The van der Waals surface area contributed by atoms with Crippen molar-refractivity contribution in [3.63, 3.8) is 0 Å². The van der Waals surface area contributed by atoms with Crippen molar-refractivity contribution in [2.45, 2.75) is 52.7 Å². The van der Waals surface area contributed by atoms with E-state index in [9.17, 15) is 9.59 Å². The molecule has 8 nitrogen and oxygen atoms in total. The number of rotatable bonds is 6. The molecule has 2 rings (SSSR count). The minimum absolute atomic E-state index is 0.203. The molecule has 0 saturated heterocycles. The number of nitrogens with zero attached hydrogens (tertiary/aromatic N) is 3. The van der Waals surface area contributed by atoms with Gasteiger partial charge in [-0.25, -0.2) is 10.2 Å². The third-order valence-electron chi connectivity index (χ3n) is 3.60. The number of benzene rings is 1. The van der Waals surface area contributed by atoms with Crippen LogP contribution in [-0.2, 0) is 9.53 Å². The average molecular weight is 385 g/mol. The van der Waals surface area contributed by atoms with Gasteiger partial charge in [-0.05, 0) is 50.8 Å². The Labute approximate surface area is 164 Å². The number of fused-ring (bicyclic) bond motifs is 1. The van der Waals surface area contributed by atoms with Crippen molar-refractivity contribution < 1.29 is 14.3 Å². The number of hydrogen-bond donors (Lipinski definition) is 2. The predicted molar refractivity (Wildman–Crippen MR) is 108 cm³/mol. The van der Waals surface area contributed by atoms with Crippen molar-refractivity contribution in [3.05, 3.63) is 36.2 Å². The van der Waals surface area contributed by atoms with Crippen LogP contribution < -0.4 is 10.7 Å². The van der Waals surface area contributed by atoms with Crippen LogP contribution in [0.5, 0.6) is 0 Å². The van der Waals surface area contributed by atoms with Gasteiger partial charge in [-0.1, -0.05) is 19.9 Å². The van der Waals surface area contributed by atoms with Crippen molar-refractivity contribution in [2.75, 3.05) is 0 Å². The molecule has 1 aromatic heterocycles. The molecule has 1 heterocycles. The number of amides is 2. The average Bonchev–Trinajstić information content (AvgIpc) is 2.59. The van der Waals surface area contributed by atoms with Crippen LogP contribution >= 0.6 is 0 Å². The van der Waals surface area contributed by atoms with E-state index in [0.717, 1.165) is 16.6 Å². The number of hydrazone groups is 1. The van der Waals surface area contributed by atoms with Crippen LogP contribution in [0.4, 0.5) is 4.79 Å². The Morgan fingerprint density at radius 1 is 1.18 bits per heavy atom. The third kappa shape index (κ3) is 6.94. The molecule has 0 aliphatic rings. The summed E-state index contributed by atoms with van der Waals surface area (Å²) in [6, 6.07) is 4.74. The Balaban J connectivity index is 2.00. The normalized spacial score (nSPS) is 12.9. The fourth-order valence-electron chi connectivity index (χ4n) is 2.46. The summed E-state index contributed by atoms with van der Waals surface area (Å²) < 4.78 is 5.23. The third-order valence-corrected chi connectivity index (χ3v) is 3.60. The summed E-state index contributed by atoms with van der Waals surface area (Å²) in [5.41, 5.74) is 4.13. The minimum atomic E-state index is -0.741. The topological polar surface area (TPSA) is 106 Å². The quantitative estimate of drug-likeness (QED) is 0.587. The van der Waals surface area contributed by atoms with Crippen LogP contribution in [-0.4, -0.2) is 39.8 Å². The van der Waals surface area contributed by atoms with Gasteiger partial charge in [0.15, 0.2) is 0 Å². The van der Waals surface area contributed by atoms with E-state index in [0.29, 0.717) is 6.42 Å². The molecule has 0 radical (unpaired) electrons. The lowest BCUT2D eigenvalue weighted by Gasteiger charge is -2.23. The summed E-state index contributed by atoms with van der Waals surface area (Å²) in [6.07, 6.45) is 4.59. The van der Waals surface area contributed by atoms with E-state index in [1.54, 1.807) is 33.2 Å². The first-order valence-electron chi connectivity index (χ1n) is 9.17. The van der Waals surface area contributed by atoms with Crippen LogP contribution in [0.25, 0.3) is 11.0 Å². The molecule has 2 aromatic rings. The van der Waals surface area contributed by atoms with Crippen LogP contribution in [0.3, 0.4) is 0 Å². The lowest BCUT2D eigenvalue weighted by Crippen LogP contribution is -2.47. The van der Waals surface area contributed by atoms with Crippen LogP contribution in [0.15, 0.2) is 35.7 Å². The van der Waals surface area contributed by atoms with E-state index in [-0.39, 0.29) is 5.92 Å². The lowest BCUT2D eigenvalue weighted by atomic mass is 10.0. The molecule has 28 heavy (non-hydrogen) atoms. The van der Waals surface area contributed by atoms with Gasteiger partial charge in [0.25, 0.3) is 5.91 Å².